The van der Waals surface area contributed by atoms with E-state index in [2.05, 4.69) is 15.3 Å². The van der Waals surface area contributed by atoms with Crippen LogP contribution in [-0.4, -0.2) is 27.7 Å². The number of aromatic nitrogens is 2. The molecule has 5 rings (SSSR count). The molecule has 31 heavy (non-hydrogen) atoms. The zero-order chi connectivity index (χ0) is 21.5. The number of anilines is 2. The normalized spacial score (nSPS) is 12.9. The molecule has 0 saturated carbocycles. The average Bonchev–Trinajstić information content (AvgIpc) is 3.05. The Labute approximate surface area is 177 Å². The monoisotopic (exact) mass is 408 g/mol. The molecule has 0 bridgehead atoms. The SMILES string of the molecule is Cc1cccc2c1C(=O)N(c1ccc(NC(=O)c3ccccn3)c3ccncc13)C2=O. The molecular formula is C24H16N4O3. The minimum Gasteiger partial charge on any atom is -0.320 e. The number of amides is 3. The summed E-state index contributed by atoms with van der Waals surface area (Å²) in [5, 5.41) is 4.08. The van der Waals surface area contributed by atoms with Crippen LogP contribution < -0.4 is 10.2 Å². The molecule has 0 atom stereocenters. The van der Waals surface area contributed by atoms with Gasteiger partial charge >= 0.3 is 0 Å². The van der Waals surface area contributed by atoms with E-state index in [-0.39, 0.29) is 23.4 Å². The topological polar surface area (TPSA) is 92.3 Å². The Kier molecular flexibility index (Phi) is 4.29. The van der Waals surface area contributed by atoms with E-state index in [0.717, 1.165) is 5.56 Å². The lowest BCUT2D eigenvalue weighted by Gasteiger charge is -2.18. The molecule has 1 N–H and O–H groups in total. The molecule has 0 saturated heterocycles. The van der Waals surface area contributed by atoms with Crippen molar-refractivity contribution in [1.82, 2.24) is 9.97 Å². The third-order valence-corrected chi connectivity index (χ3v) is 5.30. The number of aryl methyl sites for hydroxylation is 1. The summed E-state index contributed by atoms with van der Waals surface area (Å²) in [5.41, 5.74) is 2.78. The summed E-state index contributed by atoms with van der Waals surface area (Å²) >= 11 is 0. The van der Waals surface area contributed by atoms with Gasteiger partial charge in [-0.2, -0.15) is 0 Å². The maximum absolute atomic E-state index is 13.1. The third-order valence-electron chi connectivity index (χ3n) is 5.30. The van der Waals surface area contributed by atoms with Gasteiger partial charge in [-0.3, -0.25) is 24.4 Å². The van der Waals surface area contributed by atoms with Crippen LogP contribution in [0.25, 0.3) is 10.8 Å². The fraction of sp³-hybridized carbons (Fsp3) is 0.0417. The van der Waals surface area contributed by atoms with Crippen molar-refractivity contribution in [2.45, 2.75) is 6.92 Å². The second kappa shape index (κ2) is 7.14. The van der Waals surface area contributed by atoms with Crippen LogP contribution in [0.3, 0.4) is 0 Å². The summed E-state index contributed by atoms with van der Waals surface area (Å²) in [6.07, 6.45) is 4.72. The van der Waals surface area contributed by atoms with E-state index in [0.29, 0.717) is 33.3 Å². The molecular weight excluding hydrogens is 392 g/mol. The largest absolute Gasteiger partial charge is 0.320 e. The van der Waals surface area contributed by atoms with E-state index in [1.807, 2.05) is 13.0 Å². The fourth-order valence-corrected chi connectivity index (χ4v) is 3.84. The number of hydrogen-bond donors (Lipinski definition) is 1. The lowest BCUT2D eigenvalue weighted by Crippen LogP contribution is -2.29. The van der Waals surface area contributed by atoms with Crippen LogP contribution in [0.4, 0.5) is 11.4 Å². The smallest absolute Gasteiger partial charge is 0.274 e. The molecule has 150 valence electrons. The number of benzene rings is 2. The summed E-state index contributed by atoms with van der Waals surface area (Å²) in [4.78, 5) is 48.2. The Hall–Kier alpha value is -4.39. The van der Waals surface area contributed by atoms with Gasteiger partial charge in [0, 0.05) is 35.1 Å². The minimum absolute atomic E-state index is 0.282. The van der Waals surface area contributed by atoms with Gasteiger partial charge < -0.3 is 5.32 Å². The number of rotatable bonds is 3. The predicted octanol–water partition coefficient (Wildman–Crippen LogP) is 3.99. The number of fused-ring (bicyclic) bond motifs is 2. The molecule has 1 aliphatic rings. The van der Waals surface area contributed by atoms with E-state index < -0.39 is 0 Å². The first kappa shape index (κ1) is 18.6. The fourth-order valence-electron chi connectivity index (χ4n) is 3.84. The van der Waals surface area contributed by atoms with Crippen LogP contribution in [0.5, 0.6) is 0 Å². The number of nitrogens with one attached hydrogen (secondary N) is 1. The van der Waals surface area contributed by atoms with Gasteiger partial charge in [0.2, 0.25) is 0 Å². The first-order chi connectivity index (χ1) is 15.1. The molecule has 0 fully saturated rings. The number of pyridine rings is 2. The lowest BCUT2D eigenvalue weighted by atomic mass is 10.0. The molecule has 0 unspecified atom stereocenters. The minimum atomic E-state index is -0.376. The van der Waals surface area contributed by atoms with Crippen molar-refractivity contribution in [3.05, 3.63) is 95.6 Å². The van der Waals surface area contributed by atoms with Gasteiger partial charge in [-0.25, -0.2) is 4.90 Å². The van der Waals surface area contributed by atoms with Crippen molar-refractivity contribution in [2.75, 3.05) is 10.2 Å². The van der Waals surface area contributed by atoms with Crippen molar-refractivity contribution in [3.63, 3.8) is 0 Å². The highest BCUT2D eigenvalue weighted by Gasteiger charge is 2.38. The van der Waals surface area contributed by atoms with Crippen LogP contribution >= 0.6 is 0 Å². The Morgan fingerprint density at radius 1 is 0.903 bits per heavy atom. The van der Waals surface area contributed by atoms with Crippen molar-refractivity contribution in [3.8, 4) is 0 Å². The van der Waals surface area contributed by atoms with Crippen LogP contribution in [0.15, 0.2) is 73.2 Å². The van der Waals surface area contributed by atoms with Crippen molar-refractivity contribution in [2.24, 2.45) is 0 Å². The Morgan fingerprint density at radius 2 is 1.77 bits per heavy atom. The highest BCUT2D eigenvalue weighted by atomic mass is 16.2. The lowest BCUT2D eigenvalue weighted by molar-refractivity contribution is 0.0925. The zero-order valence-corrected chi connectivity index (χ0v) is 16.5. The van der Waals surface area contributed by atoms with E-state index in [1.165, 1.54) is 4.90 Å². The highest BCUT2D eigenvalue weighted by Crippen LogP contribution is 2.37. The summed E-state index contributed by atoms with van der Waals surface area (Å²) < 4.78 is 0. The highest BCUT2D eigenvalue weighted by molar-refractivity contribution is 6.36. The maximum atomic E-state index is 13.1. The van der Waals surface area contributed by atoms with Crippen LogP contribution in [0, 0.1) is 6.92 Å². The Bertz CT molecular complexity index is 1380. The first-order valence-corrected chi connectivity index (χ1v) is 9.64. The van der Waals surface area contributed by atoms with Crippen molar-refractivity contribution in [1.29, 1.82) is 0 Å². The molecule has 2 aromatic heterocycles. The molecule has 2 aromatic carbocycles. The Balaban J connectivity index is 1.59. The third kappa shape index (κ3) is 2.95. The standard InChI is InChI=1S/C24H16N4O3/c1-14-5-4-6-16-21(14)24(31)28(23(16)30)20-9-8-18(15-10-12-25-13-17(15)20)27-22(29)19-7-2-3-11-26-19/h2-13H,1H3,(H,27,29). The molecule has 7 heteroatoms. The summed E-state index contributed by atoms with van der Waals surface area (Å²) in [5.74, 6) is -1.10. The second-order valence-corrected chi connectivity index (χ2v) is 7.17. The van der Waals surface area contributed by atoms with Crippen LogP contribution in [0.1, 0.15) is 36.8 Å². The molecule has 0 aliphatic carbocycles. The van der Waals surface area contributed by atoms with E-state index in [9.17, 15) is 14.4 Å². The Morgan fingerprint density at radius 3 is 2.55 bits per heavy atom. The molecule has 3 heterocycles. The van der Waals surface area contributed by atoms with Gasteiger partial charge in [-0.05, 0) is 48.9 Å². The van der Waals surface area contributed by atoms with Gasteiger partial charge in [0.15, 0.2) is 0 Å². The van der Waals surface area contributed by atoms with Crippen molar-refractivity contribution >= 4 is 39.9 Å². The molecule has 4 aromatic rings. The van der Waals surface area contributed by atoms with E-state index in [1.54, 1.807) is 67.1 Å². The molecule has 0 radical (unpaired) electrons. The maximum Gasteiger partial charge on any atom is 0.274 e. The molecule has 1 aliphatic heterocycles. The number of hydrogen-bond acceptors (Lipinski definition) is 5. The van der Waals surface area contributed by atoms with Gasteiger partial charge in [0.05, 0.1) is 16.8 Å². The quantitative estimate of drug-likeness (QED) is 0.518. The summed E-state index contributed by atoms with van der Waals surface area (Å²) in [7, 11) is 0. The molecule has 3 amide bonds. The van der Waals surface area contributed by atoms with Gasteiger partial charge in [-0.15, -0.1) is 0 Å². The number of nitrogens with zero attached hydrogens (tertiary/aromatic N) is 3. The second-order valence-electron chi connectivity index (χ2n) is 7.17. The van der Waals surface area contributed by atoms with Gasteiger partial charge in [0.25, 0.3) is 17.7 Å². The van der Waals surface area contributed by atoms with E-state index in [4.69, 9.17) is 0 Å². The predicted molar refractivity (Wildman–Crippen MR) is 116 cm³/mol. The zero-order valence-electron chi connectivity index (χ0n) is 16.5. The first-order valence-electron chi connectivity index (χ1n) is 9.64. The van der Waals surface area contributed by atoms with Crippen molar-refractivity contribution < 1.29 is 14.4 Å². The van der Waals surface area contributed by atoms with Crippen LogP contribution in [0.2, 0.25) is 0 Å². The van der Waals surface area contributed by atoms with Gasteiger partial charge in [-0.1, -0.05) is 18.2 Å². The number of carbonyl (C=O) groups excluding carboxylic acids is 3. The van der Waals surface area contributed by atoms with Gasteiger partial charge in [0.1, 0.15) is 5.69 Å². The van der Waals surface area contributed by atoms with Crippen LogP contribution in [-0.2, 0) is 0 Å². The number of carbonyl (C=O) groups is 3. The van der Waals surface area contributed by atoms with E-state index >= 15 is 0 Å². The number of imide groups is 1. The molecule has 0 spiro atoms. The molecule has 7 nitrogen and oxygen atoms in total. The summed E-state index contributed by atoms with van der Waals surface area (Å²) in [6.45, 7) is 1.81. The summed E-state index contributed by atoms with van der Waals surface area (Å²) in [6, 6.07) is 15.4. The average molecular weight is 408 g/mol.